The Bertz CT molecular complexity index is 765. The number of furan rings is 1. The van der Waals surface area contributed by atoms with E-state index in [1.807, 2.05) is 18.2 Å². The molecule has 25 heavy (non-hydrogen) atoms. The third-order valence-corrected chi connectivity index (χ3v) is 4.74. The molecule has 1 fully saturated rings. The molecule has 1 aromatic carbocycles. The number of rotatable bonds is 5. The molecular weight excluding hydrogens is 320 g/mol. The summed E-state index contributed by atoms with van der Waals surface area (Å²) in [6, 6.07) is 10.2. The van der Waals surface area contributed by atoms with E-state index in [0.717, 1.165) is 25.0 Å². The van der Waals surface area contributed by atoms with Crippen molar-refractivity contribution in [1.29, 1.82) is 0 Å². The van der Waals surface area contributed by atoms with Crippen LogP contribution in [0.25, 0.3) is 0 Å². The summed E-state index contributed by atoms with van der Waals surface area (Å²) in [6.07, 6.45) is 3.61. The van der Waals surface area contributed by atoms with E-state index < -0.39 is 6.04 Å². The Balaban J connectivity index is 1.56. The van der Waals surface area contributed by atoms with E-state index >= 15 is 0 Å². The van der Waals surface area contributed by atoms with Crippen LogP contribution in [-0.2, 0) is 16.1 Å². The number of ether oxygens (including phenoxy) is 1. The number of carbonyl (C=O) groups excluding carboxylic acids is 2. The third-order valence-electron chi connectivity index (χ3n) is 4.74. The van der Waals surface area contributed by atoms with E-state index in [2.05, 4.69) is 5.32 Å². The van der Waals surface area contributed by atoms with Gasteiger partial charge in [-0.05, 0) is 36.6 Å². The smallest absolute Gasteiger partial charge is 0.255 e. The highest BCUT2D eigenvalue weighted by Gasteiger charge is 2.41. The first kappa shape index (κ1) is 15.9. The van der Waals surface area contributed by atoms with Gasteiger partial charge in [-0.15, -0.1) is 0 Å². The zero-order valence-electron chi connectivity index (χ0n) is 13.8. The van der Waals surface area contributed by atoms with Crippen LogP contribution >= 0.6 is 0 Å². The minimum Gasteiger partial charge on any atom is -0.467 e. The molecule has 0 radical (unpaired) electrons. The molecule has 2 atom stereocenters. The van der Waals surface area contributed by atoms with Crippen LogP contribution in [0.1, 0.15) is 40.6 Å². The fourth-order valence-corrected chi connectivity index (χ4v) is 3.50. The predicted octanol–water partition coefficient (Wildman–Crippen LogP) is 2.27. The molecule has 130 valence electrons. The average molecular weight is 340 g/mol. The van der Waals surface area contributed by atoms with Gasteiger partial charge in [0.05, 0.1) is 18.9 Å². The Morgan fingerprint density at radius 3 is 2.88 bits per heavy atom. The lowest BCUT2D eigenvalue weighted by atomic mass is 10.0. The maximum Gasteiger partial charge on any atom is 0.255 e. The van der Waals surface area contributed by atoms with Gasteiger partial charge in [0.2, 0.25) is 5.91 Å². The van der Waals surface area contributed by atoms with Gasteiger partial charge in [-0.1, -0.05) is 18.2 Å². The van der Waals surface area contributed by atoms with Gasteiger partial charge in [-0.25, -0.2) is 0 Å². The third kappa shape index (κ3) is 3.05. The molecule has 0 bridgehead atoms. The molecule has 4 rings (SSSR count). The minimum atomic E-state index is -0.643. The first-order valence-electron chi connectivity index (χ1n) is 8.55. The number of benzene rings is 1. The maximum absolute atomic E-state index is 12.9. The van der Waals surface area contributed by atoms with Crippen molar-refractivity contribution in [2.24, 2.45) is 0 Å². The second-order valence-corrected chi connectivity index (χ2v) is 6.38. The van der Waals surface area contributed by atoms with E-state index in [0.29, 0.717) is 17.9 Å². The van der Waals surface area contributed by atoms with E-state index in [1.54, 1.807) is 29.4 Å². The van der Waals surface area contributed by atoms with E-state index in [4.69, 9.17) is 9.15 Å². The van der Waals surface area contributed by atoms with E-state index in [-0.39, 0.29) is 24.5 Å². The second-order valence-electron chi connectivity index (χ2n) is 6.38. The molecule has 1 N–H and O–H groups in total. The zero-order chi connectivity index (χ0) is 17.2. The van der Waals surface area contributed by atoms with Crippen molar-refractivity contribution in [3.8, 4) is 0 Å². The highest BCUT2D eigenvalue weighted by molar-refractivity contribution is 6.04. The Labute approximate surface area is 145 Å². The second kappa shape index (κ2) is 6.72. The summed E-state index contributed by atoms with van der Waals surface area (Å²) in [5.74, 6) is 0.322. The Kier molecular flexibility index (Phi) is 4.28. The number of carbonyl (C=O) groups is 2. The molecule has 0 spiro atoms. The number of hydrogen-bond donors (Lipinski definition) is 1. The van der Waals surface area contributed by atoms with Crippen LogP contribution in [0, 0.1) is 0 Å². The predicted molar refractivity (Wildman–Crippen MR) is 89.7 cm³/mol. The lowest BCUT2D eigenvalue weighted by Gasteiger charge is -2.24. The van der Waals surface area contributed by atoms with E-state index in [1.165, 1.54) is 0 Å². The van der Waals surface area contributed by atoms with Crippen LogP contribution in [0.5, 0.6) is 0 Å². The van der Waals surface area contributed by atoms with Crippen molar-refractivity contribution < 1.29 is 18.7 Å². The van der Waals surface area contributed by atoms with Crippen molar-refractivity contribution in [2.75, 3.05) is 13.2 Å². The fraction of sp³-hybridized carbons (Fsp3) is 0.368. The summed E-state index contributed by atoms with van der Waals surface area (Å²) in [7, 11) is 0. The van der Waals surface area contributed by atoms with Crippen LogP contribution in [0.2, 0.25) is 0 Å². The van der Waals surface area contributed by atoms with Crippen molar-refractivity contribution in [3.63, 3.8) is 0 Å². The highest BCUT2D eigenvalue weighted by atomic mass is 16.5. The summed E-state index contributed by atoms with van der Waals surface area (Å²) >= 11 is 0. The van der Waals surface area contributed by atoms with Crippen molar-refractivity contribution in [2.45, 2.75) is 31.5 Å². The normalized spacial score (nSPS) is 22.2. The van der Waals surface area contributed by atoms with Gasteiger partial charge in [0, 0.05) is 18.7 Å². The summed E-state index contributed by atoms with van der Waals surface area (Å²) in [6.45, 7) is 1.48. The summed E-state index contributed by atoms with van der Waals surface area (Å²) in [5, 5.41) is 2.95. The van der Waals surface area contributed by atoms with Crippen molar-refractivity contribution in [1.82, 2.24) is 10.2 Å². The van der Waals surface area contributed by atoms with Gasteiger partial charge >= 0.3 is 0 Å². The summed E-state index contributed by atoms with van der Waals surface area (Å²) in [4.78, 5) is 27.2. The van der Waals surface area contributed by atoms with Crippen LogP contribution in [0.4, 0.5) is 0 Å². The molecule has 2 unspecified atom stereocenters. The largest absolute Gasteiger partial charge is 0.467 e. The van der Waals surface area contributed by atoms with Gasteiger partial charge in [-0.2, -0.15) is 0 Å². The Morgan fingerprint density at radius 2 is 2.12 bits per heavy atom. The molecule has 2 aromatic rings. The number of hydrogen-bond acceptors (Lipinski definition) is 4. The standard InChI is InChI=1S/C19H20N2O4/c22-18(20-11-13-5-3-9-24-13)17-15-7-1-2-8-16(15)19(23)21(17)12-14-6-4-10-25-14/h1-2,4,6-8,10,13,17H,3,5,9,11-12H2,(H,20,22). The monoisotopic (exact) mass is 340 g/mol. The minimum absolute atomic E-state index is 0.0647. The quantitative estimate of drug-likeness (QED) is 0.906. The lowest BCUT2D eigenvalue weighted by Crippen LogP contribution is -2.41. The lowest BCUT2D eigenvalue weighted by molar-refractivity contribution is -0.126. The highest BCUT2D eigenvalue weighted by Crippen LogP contribution is 2.35. The molecule has 2 aliphatic heterocycles. The maximum atomic E-state index is 12.9. The summed E-state index contributed by atoms with van der Waals surface area (Å²) in [5.41, 5.74) is 1.32. The number of fused-ring (bicyclic) bond motifs is 1. The fourth-order valence-electron chi connectivity index (χ4n) is 3.50. The Morgan fingerprint density at radius 1 is 1.24 bits per heavy atom. The van der Waals surface area contributed by atoms with Crippen LogP contribution in [0.15, 0.2) is 47.1 Å². The molecule has 2 aliphatic rings. The van der Waals surface area contributed by atoms with Gasteiger partial charge in [-0.3, -0.25) is 9.59 Å². The molecule has 2 amide bonds. The molecule has 1 aromatic heterocycles. The summed E-state index contributed by atoms with van der Waals surface area (Å²) < 4.78 is 10.9. The van der Waals surface area contributed by atoms with Gasteiger partial charge in [0.25, 0.3) is 5.91 Å². The van der Waals surface area contributed by atoms with Crippen LogP contribution in [-0.4, -0.2) is 36.0 Å². The van der Waals surface area contributed by atoms with Crippen molar-refractivity contribution >= 4 is 11.8 Å². The first-order valence-corrected chi connectivity index (χ1v) is 8.55. The molecule has 3 heterocycles. The average Bonchev–Trinajstić information content (AvgIpc) is 3.36. The van der Waals surface area contributed by atoms with Gasteiger partial charge in [0.1, 0.15) is 11.8 Å². The van der Waals surface area contributed by atoms with Crippen molar-refractivity contribution in [3.05, 3.63) is 59.5 Å². The van der Waals surface area contributed by atoms with Crippen LogP contribution in [0.3, 0.4) is 0 Å². The molecule has 6 nitrogen and oxygen atoms in total. The first-order chi connectivity index (χ1) is 12.2. The molecule has 0 aliphatic carbocycles. The molecule has 6 heteroatoms. The van der Waals surface area contributed by atoms with Crippen LogP contribution < -0.4 is 5.32 Å². The van der Waals surface area contributed by atoms with E-state index in [9.17, 15) is 9.59 Å². The molecular formula is C19H20N2O4. The topological polar surface area (TPSA) is 71.8 Å². The Hall–Kier alpha value is -2.60. The number of nitrogens with zero attached hydrogens (tertiary/aromatic N) is 1. The van der Waals surface area contributed by atoms with Gasteiger partial charge in [0.15, 0.2) is 0 Å². The molecule has 1 saturated heterocycles. The number of amides is 2. The molecule has 0 saturated carbocycles. The number of nitrogens with one attached hydrogen (secondary N) is 1. The zero-order valence-corrected chi connectivity index (χ0v) is 13.8. The SMILES string of the molecule is O=C(NCC1CCCO1)C1c2ccccc2C(=O)N1Cc1ccco1. The van der Waals surface area contributed by atoms with Gasteiger partial charge < -0.3 is 19.4 Å².